The molecule has 1 N–H and O–H groups in total. The van der Waals surface area contributed by atoms with E-state index in [2.05, 4.69) is 31.2 Å². The van der Waals surface area contributed by atoms with Gasteiger partial charge in [0.1, 0.15) is 5.82 Å². The van der Waals surface area contributed by atoms with Gasteiger partial charge in [0.05, 0.1) is 6.20 Å². The first-order chi connectivity index (χ1) is 5.74. The maximum absolute atomic E-state index is 4.14. The molecule has 0 unspecified atom stereocenters. The minimum absolute atomic E-state index is 0.895. The Hall–Kier alpha value is -1.25. The topological polar surface area (TPSA) is 29.9 Å². The van der Waals surface area contributed by atoms with Crippen LogP contribution in [-0.2, 0) is 6.54 Å². The Morgan fingerprint density at radius 3 is 3.00 bits per heavy atom. The van der Waals surface area contributed by atoms with E-state index in [9.17, 15) is 0 Å². The van der Waals surface area contributed by atoms with Crippen LogP contribution in [0, 0.1) is 0 Å². The number of anilines is 1. The second kappa shape index (κ2) is 3.95. The molecule has 12 heavy (non-hydrogen) atoms. The average Bonchev–Trinajstić information content (AvgIpc) is 2.47. The molecule has 0 atom stereocenters. The fourth-order valence-electron chi connectivity index (χ4n) is 0.926. The summed E-state index contributed by atoms with van der Waals surface area (Å²) < 4.78 is 1.92. The SMILES string of the molecule is CCn1nccc1NC=C(C)C. The molecule has 0 aliphatic rings. The summed E-state index contributed by atoms with van der Waals surface area (Å²) in [5.74, 6) is 1.04. The third-order valence-electron chi connectivity index (χ3n) is 1.52. The van der Waals surface area contributed by atoms with Crippen LogP contribution >= 0.6 is 0 Å². The summed E-state index contributed by atoms with van der Waals surface area (Å²) in [7, 11) is 0. The third kappa shape index (κ3) is 2.12. The molecule has 0 radical (unpaired) electrons. The highest BCUT2D eigenvalue weighted by Crippen LogP contribution is 2.05. The molecule has 0 aromatic carbocycles. The quantitative estimate of drug-likeness (QED) is 0.744. The summed E-state index contributed by atoms with van der Waals surface area (Å²) in [6, 6.07) is 1.96. The van der Waals surface area contributed by atoms with E-state index in [4.69, 9.17) is 0 Å². The summed E-state index contributed by atoms with van der Waals surface area (Å²) >= 11 is 0. The fourth-order valence-corrected chi connectivity index (χ4v) is 0.926. The van der Waals surface area contributed by atoms with Gasteiger partial charge in [-0.15, -0.1) is 0 Å². The molecule has 0 aliphatic heterocycles. The Kier molecular flexibility index (Phi) is 2.91. The van der Waals surface area contributed by atoms with E-state index >= 15 is 0 Å². The highest BCUT2D eigenvalue weighted by molar-refractivity contribution is 5.37. The molecule has 1 rings (SSSR count). The summed E-state index contributed by atoms with van der Waals surface area (Å²) in [6.45, 7) is 7.08. The summed E-state index contributed by atoms with van der Waals surface area (Å²) in [5.41, 5.74) is 1.25. The van der Waals surface area contributed by atoms with Crippen molar-refractivity contribution in [2.75, 3.05) is 5.32 Å². The molecule has 1 aromatic rings. The van der Waals surface area contributed by atoms with E-state index < -0.39 is 0 Å². The van der Waals surface area contributed by atoms with Crippen LogP contribution in [0.3, 0.4) is 0 Å². The van der Waals surface area contributed by atoms with Gasteiger partial charge < -0.3 is 5.32 Å². The second-order valence-corrected chi connectivity index (χ2v) is 2.90. The largest absolute Gasteiger partial charge is 0.347 e. The first kappa shape index (κ1) is 8.84. The number of rotatable bonds is 3. The fraction of sp³-hybridized carbons (Fsp3) is 0.444. The van der Waals surface area contributed by atoms with Gasteiger partial charge in [-0.1, -0.05) is 5.57 Å². The van der Waals surface area contributed by atoms with Gasteiger partial charge in [0.2, 0.25) is 0 Å². The van der Waals surface area contributed by atoms with Crippen molar-refractivity contribution in [3.63, 3.8) is 0 Å². The van der Waals surface area contributed by atoms with Crippen LogP contribution in [0.4, 0.5) is 5.82 Å². The maximum Gasteiger partial charge on any atom is 0.128 e. The van der Waals surface area contributed by atoms with Crippen LogP contribution < -0.4 is 5.32 Å². The minimum atomic E-state index is 0.895. The normalized spacial score (nSPS) is 9.58. The molecular formula is C9H15N3. The van der Waals surface area contributed by atoms with Crippen molar-refractivity contribution in [2.45, 2.75) is 27.3 Å². The van der Waals surface area contributed by atoms with Gasteiger partial charge in [-0.3, -0.25) is 0 Å². The van der Waals surface area contributed by atoms with Gasteiger partial charge in [-0.2, -0.15) is 5.10 Å². The Labute approximate surface area is 73.1 Å². The van der Waals surface area contributed by atoms with E-state index in [1.54, 1.807) is 6.20 Å². The highest BCUT2D eigenvalue weighted by Gasteiger charge is 1.95. The van der Waals surface area contributed by atoms with E-state index in [0.29, 0.717) is 0 Å². The first-order valence-corrected chi connectivity index (χ1v) is 4.15. The zero-order valence-corrected chi connectivity index (χ0v) is 7.83. The van der Waals surface area contributed by atoms with Gasteiger partial charge in [-0.25, -0.2) is 4.68 Å². The summed E-state index contributed by atoms with van der Waals surface area (Å²) in [4.78, 5) is 0. The van der Waals surface area contributed by atoms with Gasteiger partial charge in [-0.05, 0) is 20.8 Å². The van der Waals surface area contributed by atoms with Crippen molar-refractivity contribution in [2.24, 2.45) is 0 Å². The molecule has 0 spiro atoms. The van der Waals surface area contributed by atoms with Crippen LogP contribution in [-0.4, -0.2) is 9.78 Å². The average molecular weight is 165 g/mol. The number of nitrogens with zero attached hydrogens (tertiary/aromatic N) is 2. The lowest BCUT2D eigenvalue weighted by Crippen LogP contribution is -2.01. The Bertz CT molecular complexity index is 269. The van der Waals surface area contributed by atoms with E-state index in [0.717, 1.165) is 12.4 Å². The van der Waals surface area contributed by atoms with Crippen LogP contribution in [0.2, 0.25) is 0 Å². The van der Waals surface area contributed by atoms with E-state index in [-0.39, 0.29) is 0 Å². The zero-order valence-electron chi connectivity index (χ0n) is 7.83. The third-order valence-corrected chi connectivity index (χ3v) is 1.52. The standard InChI is InChI=1S/C9H15N3/c1-4-12-9(5-6-11-12)10-7-8(2)3/h5-7,10H,4H2,1-3H3. The van der Waals surface area contributed by atoms with Crippen LogP contribution in [0.15, 0.2) is 24.0 Å². The molecular weight excluding hydrogens is 150 g/mol. The van der Waals surface area contributed by atoms with Crippen molar-refractivity contribution in [1.29, 1.82) is 0 Å². The van der Waals surface area contributed by atoms with Gasteiger partial charge in [0.15, 0.2) is 0 Å². The number of allylic oxidation sites excluding steroid dienone is 1. The van der Waals surface area contributed by atoms with Gasteiger partial charge >= 0.3 is 0 Å². The molecule has 0 saturated heterocycles. The number of hydrogen-bond donors (Lipinski definition) is 1. The molecule has 0 amide bonds. The number of aromatic nitrogens is 2. The zero-order chi connectivity index (χ0) is 8.97. The number of hydrogen-bond acceptors (Lipinski definition) is 2. The van der Waals surface area contributed by atoms with Crippen LogP contribution in [0.5, 0.6) is 0 Å². The Balaban J connectivity index is 2.68. The molecule has 0 bridgehead atoms. The lowest BCUT2D eigenvalue weighted by Gasteiger charge is -2.03. The second-order valence-electron chi connectivity index (χ2n) is 2.90. The van der Waals surface area contributed by atoms with Gasteiger partial charge in [0.25, 0.3) is 0 Å². The van der Waals surface area contributed by atoms with E-state index in [1.807, 2.05) is 16.9 Å². The predicted octanol–water partition coefficient (Wildman–Crippen LogP) is 2.24. The van der Waals surface area contributed by atoms with Crippen molar-refractivity contribution < 1.29 is 0 Å². The Morgan fingerprint density at radius 1 is 1.67 bits per heavy atom. The summed E-state index contributed by atoms with van der Waals surface area (Å²) in [6.07, 6.45) is 3.77. The van der Waals surface area contributed by atoms with Crippen molar-refractivity contribution in [3.8, 4) is 0 Å². The maximum atomic E-state index is 4.14. The number of aryl methyl sites for hydroxylation is 1. The van der Waals surface area contributed by atoms with Crippen molar-refractivity contribution in [3.05, 3.63) is 24.0 Å². The van der Waals surface area contributed by atoms with E-state index in [1.165, 1.54) is 5.57 Å². The lowest BCUT2D eigenvalue weighted by molar-refractivity contribution is 0.668. The molecule has 3 heteroatoms. The number of nitrogens with one attached hydrogen (secondary N) is 1. The molecule has 0 aliphatic carbocycles. The van der Waals surface area contributed by atoms with Crippen LogP contribution in [0.25, 0.3) is 0 Å². The predicted molar refractivity (Wildman–Crippen MR) is 51.0 cm³/mol. The smallest absolute Gasteiger partial charge is 0.128 e. The van der Waals surface area contributed by atoms with Crippen LogP contribution in [0.1, 0.15) is 20.8 Å². The molecule has 1 heterocycles. The highest BCUT2D eigenvalue weighted by atomic mass is 15.3. The minimum Gasteiger partial charge on any atom is -0.347 e. The lowest BCUT2D eigenvalue weighted by atomic mass is 10.4. The van der Waals surface area contributed by atoms with Gasteiger partial charge in [0, 0.05) is 18.8 Å². The molecule has 66 valence electrons. The first-order valence-electron chi connectivity index (χ1n) is 4.15. The molecule has 0 saturated carbocycles. The molecule has 0 fully saturated rings. The Morgan fingerprint density at radius 2 is 2.42 bits per heavy atom. The molecule has 1 aromatic heterocycles. The van der Waals surface area contributed by atoms with Crippen molar-refractivity contribution >= 4 is 5.82 Å². The monoisotopic (exact) mass is 165 g/mol. The molecule has 3 nitrogen and oxygen atoms in total. The summed E-state index contributed by atoms with van der Waals surface area (Å²) in [5, 5.41) is 7.32. The van der Waals surface area contributed by atoms with Crippen molar-refractivity contribution in [1.82, 2.24) is 9.78 Å².